The normalized spacial score (nSPS) is 11.0. The fourth-order valence-corrected chi connectivity index (χ4v) is 2.80. The van der Waals surface area contributed by atoms with Crippen LogP contribution in [0.3, 0.4) is 0 Å². The molecule has 2 rings (SSSR count). The lowest BCUT2D eigenvalue weighted by molar-refractivity contribution is 0.581. The second-order valence-corrected chi connectivity index (χ2v) is 6.04. The highest BCUT2D eigenvalue weighted by Crippen LogP contribution is 2.15. The van der Waals surface area contributed by atoms with E-state index in [0.717, 1.165) is 5.56 Å². The summed E-state index contributed by atoms with van der Waals surface area (Å²) in [4.78, 5) is 4.07. The van der Waals surface area contributed by atoms with Gasteiger partial charge in [0.05, 0.1) is 16.5 Å². The third-order valence-corrected chi connectivity index (χ3v) is 4.22. The zero-order valence-corrected chi connectivity index (χ0v) is 11.7. The number of rotatable bonds is 4. The molecule has 5 nitrogen and oxygen atoms in total. The van der Waals surface area contributed by atoms with Gasteiger partial charge in [0, 0.05) is 18.9 Å². The fraction of sp³-hybridized carbons (Fsp3) is 0.143. The van der Waals surface area contributed by atoms with Crippen LogP contribution >= 0.6 is 0 Å². The first-order valence-electron chi connectivity index (χ1n) is 5.92. The van der Waals surface area contributed by atoms with Crippen LogP contribution in [0, 0.1) is 18.3 Å². The first-order chi connectivity index (χ1) is 9.53. The van der Waals surface area contributed by atoms with Crippen LogP contribution in [0.4, 0.5) is 0 Å². The number of aromatic nitrogens is 1. The van der Waals surface area contributed by atoms with Crippen molar-refractivity contribution in [1.29, 1.82) is 5.26 Å². The lowest BCUT2D eigenvalue weighted by Crippen LogP contribution is -2.23. The van der Waals surface area contributed by atoms with Crippen LogP contribution in [-0.4, -0.2) is 13.4 Å². The zero-order valence-electron chi connectivity index (χ0n) is 10.9. The third-order valence-electron chi connectivity index (χ3n) is 2.82. The Morgan fingerprint density at radius 3 is 2.75 bits per heavy atom. The molecule has 1 N–H and O–H groups in total. The van der Waals surface area contributed by atoms with Gasteiger partial charge in [-0.05, 0) is 42.3 Å². The number of hydrogen-bond donors (Lipinski definition) is 1. The van der Waals surface area contributed by atoms with E-state index in [2.05, 4.69) is 9.71 Å². The average Bonchev–Trinajstić information content (AvgIpc) is 2.46. The number of aryl methyl sites for hydroxylation is 1. The molecule has 0 bridgehead atoms. The number of nitrogens with one attached hydrogen (secondary N) is 1. The van der Waals surface area contributed by atoms with Crippen LogP contribution < -0.4 is 4.72 Å². The van der Waals surface area contributed by atoms with Gasteiger partial charge >= 0.3 is 0 Å². The Bertz CT molecular complexity index is 750. The van der Waals surface area contributed by atoms with Gasteiger partial charge in [-0.1, -0.05) is 6.07 Å². The minimum absolute atomic E-state index is 0.151. The molecule has 0 atom stereocenters. The van der Waals surface area contributed by atoms with Crippen LogP contribution in [0.1, 0.15) is 16.7 Å². The lowest BCUT2D eigenvalue weighted by Gasteiger charge is -2.08. The van der Waals surface area contributed by atoms with E-state index in [9.17, 15) is 8.42 Å². The van der Waals surface area contributed by atoms with Gasteiger partial charge < -0.3 is 0 Å². The van der Waals surface area contributed by atoms with Crippen LogP contribution in [-0.2, 0) is 16.6 Å². The molecule has 0 radical (unpaired) electrons. The fourth-order valence-electron chi connectivity index (χ4n) is 1.69. The van der Waals surface area contributed by atoms with Crippen molar-refractivity contribution in [1.82, 2.24) is 9.71 Å². The van der Waals surface area contributed by atoms with E-state index in [-0.39, 0.29) is 11.4 Å². The lowest BCUT2D eigenvalue weighted by atomic mass is 10.1. The van der Waals surface area contributed by atoms with E-state index >= 15 is 0 Å². The Kier molecular flexibility index (Phi) is 4.13. The topological polar surface area (TPSA) is 82.8 Å². The molecule has 2 aromatic rings. The molecule has 20 heavy (non-hydrogen) atoms. The van der Waals surface area contributed by atoms with E-state index in [4.69, 9.17) is 5.26 Å². The number of benzene rings is 1. The number of sulfonamides is 1. The molecule has 6 heteroatoms. The number of nitrogens with zero attached hydrogens (tertiary/aromatic N) is 2. The summed E-state index contributed by atoms with van der Waals surface area (Å²) in [6.07, 6.45) is 3.23. The summed E-state index contributed by atoms with van der Waals surface area (Å²) in [5.74, 6) is 0. The Morgan fingerprint density at radius 2 is 2.15 bits per heavy atom. The summed E-state index contributed by atoms with van der Waals surface area (Å²) in [5, 5.41) is 8.84. The molecule has 0 saturated carbocycles. The summed E-state index contributed by atoms with van der Waals surface area (Å²) in [5.41, 5.74) is 1.88. The second kappa shape index (κ2) is 5.82. The van der Waals surface area contributed by atoms with E-state index < -0.39 is 10.0 Å². The van der Waals surface area contributed by atoms with Gasteiger partial charge in [-0.15, -0.1) is 0 Å². The highest BCUT2D eigenvalue weighted by Gasteiger charge is 2.14. The molecule has 1 aromatic carbocycles. The Morgan fingerprint density at radius 1 is 1.35 bits per heavy atom. The number of pyridine rings is 1. The molecule has 1 aromatic heterocycles. The van der Waals surface area contributed by atoms with Gasteiger partial charge in [0.25, 0.3) is 0 Å². The predicted molar refractivity (Wildman–Crippen MR) is 74.2 cm³/mol. The molecule has 0 saturated heterocycles. The monoisotopic (exact) mass is 287 g/mol. The van der Waals surface area contributed by atoms with Crippen molar-refractivity contribution in [2.45, 2.75) is 18.4 Å². The van der Waals surface area contributed by atoms with Crippen molar-refractivity contribution >= 4 is 10.0 Å². The largest absolute Gasteiger partial charge is 0.264 e. The first-order valence-corrected chi connectivity index (χ1v) is 7.40. The minimum Gasteiger partial charge on any atom is -0.264 e. The summed E-state index contributed by atoms with van der Waals surface area (Å²) in [7, 11) is -3.59. The number of nitriles is 1. The van der Waals surface area contributed by atoms with E-state index in [0.29, 0.717) is 11.1 Å². The van der Waals surface area contributed by atoms with Gasteiger partial charge in [-0.2, -0.15) is 5.26 Å². The van der Waals surface area contributed by atoms with Crippen LogP contribution in [0.5, 0.6) is 0 Å². The zero-order chi connectivity index (χ0) is 14.6. The van der Waals surface area contributed by atoms with Crippen molar-refractivity contribution in [3.05, 3.63) is 59.4 Å². The maximum Gasteiger partial charge on any atom is 0.240 e. The quantitative estimate of drug-likeness (QED) is 0.928. The summed E-state index contributed by atoms with van der Waals surface area (Å²) in [6.45, 7) is 1.88. The van der Waals surface area contributed by atoms with Gasteiger partial charge in [0.15, 0.2) is 0 Å². The molecule has 1 heterocycles. The summed E-state index contributed by atoms with van der Waals surface area (Å²) >= 11 is 0. The molecular formula is C14H13N3O2S. The third kappa shape index (κ3) is 3.20. The molecule has 102 valence electrons. The Balaban J connectivity index is 2.19. The molecular weight excluding hydrogens is 274 g/mol. The SMILES string of the molecule is Cc1cc(S(=O)(=O)NCc2cccnc2)ccc1C#N. The Hall–Kier alpha value is -2.23. The predicted octanol–water partition coefficient (Wildman–Crippen LogP) is 1.74. The van der Waals surface area contributed by atoms with Crippen molar-refractivity contribution < 1.29 is 8.42 Å². The minimum atomic E-state index is -3.59. The second-order valence-electron chi connectivity index (χ2n) is 4.27. The van der Waals surface area contributed by atoms with E-state index in [1.807, 2.05) is 6.07 Å². The number of hydrogen-bond acceptors (Lipinski definition) is 4. The molecule has 0 aliphatic heterocycles. The van der Waals surface area contributed by atoms with Gasteiger partial charge in [0.2, 0.25) is 10.0 Å². The average molecular weight is 287 g/mol. The maximum atomic E-state index is 12.1. The van der Waals surface area contributed by atoms with Crippen molar-refractivity contribution in [2.75, 3.05) is 0 Å². The van der Waals surface area contributed by atoms with Crippen LogP contribution in [0.2, 0.25) is 0 Å². The van der Waals surface area contributed by atoms with Gasteiger partial charge in [0.1, 0.15) is 0 Å². The highest BCUT2D eigenvalue weighted by molar-refractivity contribution is 7.89. The van der Waals surface area contributed by atoms with E-state index in [1.165, 1.54) is 18.2 Å². The van der Waals surface area contributed by atoms with Gasteiger partial charge in [-0.25, -0.2) is 13.1 Å². The van der Waals surface area contributed by atoms with Gasteiger partial charge in [-0.3, -0.25) is 4.98 Å². The van der Waals surface area contributed by atoms with Crippen LogP contribution in [0.15, 0.2) is 47.6 Å². The van der Waals surface area contributed by atoms with Crippen molar-refractivity contribution in [2.24, 2.45) is 0 Å². The molecule has 0 unspecified atom stereocenters. The highest BCUT2D eigenvalue weighted by atomic mass is 32.2. The van der Waals surface area contributed by atoms with Crippen molar-refractivity contribution in [3.63, 3.8) is 0 Å². The molecule has 0 aliphatic rings. The molecule has 0 fully saturated rings. The van der Waals surface area contributed by atoms with Crippen LogP contribution in [0.25, 0.3) is 0 Å². The molecule has 0 aliphatic carbocycles. The molecule has 0 spiro atoms. The van der Waals surface area contributed by atoms with E-state index in [1.54, 1.807) is 31.5 Å². The smallest absolute Gasteiger partial charge is 0.240 e. The Labute approximate surface area is 118 Å². The van der Waals surface area contributed by atoms with Crippen molar-refractivity contribution in [3.8, 4) is 6.07 Å². The summed E-state index contributed by atoms with van der Waals surface area (Å²) < 4.78 is 26.8. The standard InChI is InChI=1S/C14H13N3O2S/c1-11-7-14(5-4-13(11)8-15)20(18,19)17-10-12-3-2-6-16-9-12/h2-7,9,17H,10H2,1H3. The maximum absolute atomic E-state index is 12.1. The first kappa shape index (κ1) is 14.2. The summed E-state index contributed by atoms with van der Waals surface area (Å²) in [6, 6.07) is 9.97. The molecule has 0 amide bonds.